The minimum absolute atomic E-state index is 0.880. The molecule has 0 saturated heterocycles. The number of benzene rings is 10. The van der Waals surface area contributed by atoms with Gasteiger partial charge in [-0.15, -0.1) is 0 Å². The Bertz CT molecular complexity index is 3250. The molecule has 0 atom stereocenters. The molecule has 0 aromatic heterocycles. The summed E-state index contributed by atoms with van der Waals surface area (Å²) < 4.78 is 49.2. The maximum absolute atomic E-state index is 8.29. The van der Waals surface area contributed by atoms with Gasteiger partial charge in [-0.1, -0.05) is 303 Å². The van der Waals surface area contributed by atoms with Crippen LogP contribution in [-0.4, -0.2) is 83.7 Å². The first-order chi connectivity index (χ1) is 44.9. The van der Waals surface area contributed by atoms with Gasteiger partial charge in [0, 0.05) is 5.19 Å². The van der Waals surface area contributed by atoms with E-state index in [9.17, 15) is 0 Å². The average molecular weight is 1410 g/mol. The lowest BCUT2D eigenvalue weighted by Crippen LogP contribution is -2.72. The molecule has 10 rings (SSSR count). The Hall–Kier alpha value is -5.87. The van der Waals surface area contributed by atoms with E-state index in [1.165, 1.54) is 46.7 Å². The molecule has 0 amide bonds. The molecule has 10 aromatic carbocycles. The van der Waals surface area contributed by atoms with Gasteiger partial charge in [-0.2, -0.15) is 0 Å². The topological polar surface area (TPSA) is 55.4 Å². The highest BCUT2D eigenvalue weighted by Crippen LogP contribution is 2.36. The van der Waals surface area contributed by atoms with Crippen LogP contribution in [0.3, 0.4) is 0 Å². The van der Waals surface area contributed by atoms with Crippen molar-refractivity contribution in [3.8, 4) is 0 Å². The van der Waals surface area contributed by atoms with Crippen molar-refractivity contribution in [2.45, 2.75) is 115 Å². The molecular formula is C78H98O6Si10. The van der Waals surface area contributed by atoms with Crippen LogP contribution in [0.1, 0.15) is 0 Å². The van der Waals surface area contributed by atoms with Gasteiger partial charge in [0.25, 0.3) is 25.0 Å². The summed E-state index contributed by atoms with van der Waals surface area (Å²) in [6.07, 6.45) is 0. The van der Waals surface area contributed by atoms with Crippen LogP contribution in [0, 0.1) is 0 Å². The third-order valence-corrected chi connectivity index (χ3v) is 60.0. The smallest absolute Gasteiger partial charge is 0.446 e. The van der Waals surface area contributed by atoms with E-state index in [-0.39, 0.29) is 0 Å². The molecule has 94 heavy (non-hydrogen) atoms. The zero-order chi connectivity index (χ0) is 66.6. The van der Waals surface area contributed by atoms with Gasteiger partial charge in [0.2, 0.25) is 0 Å². The normalized spacial score (nSPS) is 13.2. The molecule has 6 nitrogen and oxygen atoms in total. The molecular weight excluding hydrogens is 1310 g/mol. The van der Waals surface area contributed by atoms with Gasteiger partial charge < -0.3 is 24.7 Å². The minimum atomic E-state index is -3.85. The zero-order valence-corrected chi connectivity index (χ0v) is 67.6. The summed E-state index contributed by atoms with van der Waals surface area (Å²) in [5.41, 5.74) is 0. The molecule has 0 spiro atoms. The summed E-state index contributed by atoms with van der Waals surface area (Å²) in [4.78, 5) is 0. The van der Waals surface area contributed by atoms with Crippen LogP contribution in [0.4, 0.5) is 0 Å². The van der Waals surface area contributed by atoms with E-state index in [4.69, 9.17) is 24.7 Å². The fourth-order valence-corrected chi connectivity index (χ4v) is 65.8. The Balaban J connectivity index is 1.01. The van der Waals surface area contributed by atoms with Crippen molar-refractivity contribution in [1.82, 2.24) is 0 Å². The molecule has 0 radical (unpaired) electrons. The van der Waals surface area contributed by atoms with Gasteiger partial charge in [0.15, 0.2) is 49.9 Å². The fraction of sp³-hybridized carbons (Fsp3) is 0.231. The maximum Gasteiger partial charge on any atom is 0.505 e. The lowest BCUT2D eigenvalue weighted by molar-refractivity contribution is 0.268. The van der Waals surface area contributed by atoms with Crippen LogP contribution in [0.15, 0.2) is 303 Å². The molecule has 0 aliphatic carbocycles. The molecule has 0 aliphatic rings. The third-order valence-electron chi connectivity index (χ3n) is 18.3. The second-order valence-electron chi connectivity index (χ2n) is 28.9. The summed E-state index contributed by atoms with van der Waals surface area (Å²) in [5.74, 6) is 0. The maximum atomic E-state index is 8.29. The first-order valence-electron chi connectivity index (χ1n) is 33.7. The van der Waals surface area contributed by atoms with Crippen LogP contribution in [0.25, 0.3) is 0 Å². The van der Waals surface area contributed by atoms with Gasteiger partial charge in [0.05, 0.1) is 0 Å². The summed E-state index contributed by atoms with van der Waals surface area (Å²) in [5, 5.41) is 12.4. The van der Waals surface area contributed by atoms with Crippen LogP contribution >= 0.6 is 0 Å². The van der Waals surface area contributed by atoms with Crippen LogP contribution in [0.2, 0.25) is 115 Å². The lowest BCUT2D eigenvalue weighted by atomic mass is 10.3. The molecule has 0 aliphatic heterocycles. The highest BCUT2D eigenvalue weighted by molar-refractivity contribution is 7.12. The third kappa shape index (κ3) is 17.1. The Morgan fingerprint density at radius 1 is 0.160 bits per heavy atom. The van der Waals surface area contributed by atoms with E-state index in [1.54, 1.807) is 0 Å². The van der Waals surface area contributed by atoms with E-state index in [1.807, 2.05) is 0 Å². The summed E-state index contributed by atoms with van der Waals surface area (Å²) in [6, 6.07) is 116. The Morgan fingerprint density at radius 3 is 0.415 bits per heavy atom. The van der Waals surface area contributed by atoms with Gasteiger partial charge in [-0.3, -0.25) is 0 Å². The van der Waals surface area contributed by atoms with Gasteiger partial charge in [0.1, 0.15) is 0 Å². The Labute approximate surface area is 573 Å². The summed E-state index contributed by atoms with van der Waals surface area (Å²) in [7, 11) is -28.8. The van der Waals surface area contributed by atoms with Crippen molar-refractivity contribution >= 4 is 136 Å². The van der Waals surface area contributed by atoms with Crippen molar-refractivity contribution in [2.24, 2.45) is 0 Å². The molecule has 0 N–H and O–H groups in total. The molecule has 0 bridgehead atoms. The molecule has 16 heteroatoms. The van der Waals surface area contributed by atoms with Crippen molar-refractivity contribution in [2.75, 3.05) is 0 Å². The van der Waals surface area contributed by atoms with Crippen LogP contribution in [0.5, 0.6) is 0 Å². The van der Waals surface area contributed by atoms with Crippen molar-refractivity contribution < 1.29 is 24.7 Å². The second-order valence-corrected chi connectivity index (χ2v) is 68.9. The first kappa shape index (κ1) is 70.9. The summed E-state index contributed by atoms with van der Waals surface area (Å²) in [6.45, 7) is 29.1. The minimum Gasteiger partial charge on any atom is -0.446 e. The van der Waals surface area contributed by atoms with Crippen molar-refractivity contribution in [1.29, 1.82) is 0 Å². The highest BCUT2D eigenvalue weighted by atomic mass is 28.5. The zero-order valence-electron chi connectivity index (χ0n) is 57.6. The van der Waals surface area contributed by atoms with E-state index in [0.29, 0.717) is 0 Å². The number of hydrogen-bond donors (Lipinski definition) is 0. The van der Waals surface area contributed by atoms with E-state index < -0.39 is 83.7 Å². The number of hydrogen-bond acceptors (Lipinski definition) is 6. The Morgan fingerprint density at radius 2 is 0.277 bits per heavy atom. The first-order valence-corrected chi connectivity index (χ1v) is 59.8. The van der Waals surface area contributed by atoms with Crippen LogP contribution < -0.4 is 51.9 Å². The molecule has 0 unspecified atom stereocenters. The molecule has 0 saturated carbocycles. The molecule has 0 heterocycles. The van der Waals surface area contributed by atoms with E-state index in [0.717, 1.165) is 41.5 Å². The molecule has 0 fully saturated rings. The standard InChI is InChI=1S/C78H98O6Si10/c1-85(2,79-91(69-43-23-13-24-44-69,70-45-25-14-26-46-70)71-47-27-15-28-48-71)63-66-88(7,8)82-94(78-61-41-22-42-62-78,83-89(9,10)67-64-86(3,4)80-92(72-49-29-16-30-50-72,73-51-31-17-32-52-73)74-53-33-18-34-54-74)84-90(11,12)68-65-87(5,6)81-93(75-55-35-19-36-56-75,76-57-37-20-38-58-76)77-59-39-21-40-60-77/h13-62H,63-68H2,1-12H3. The average Bonchev–Trinajstić information content (AvgIpc) is 0.839. The molecule has 10 aromatic rings. The van der Waals surface area contributed by atoms with Gasteiger partial charge >= 0.3 is 8.80 Å². The van der Waals surface area contributed by atoms with Crippen molar-refractivity contribution in [3.63, 3.8) is 0 Å². The van der Waals surface area contributed by atoms with E-state index in [2.05, 4.69) is 382 Å². The predicted octanol–water partition coefficient (Wildman–Crippen LogP) is 14.2. The molecule has 486 valence electrons. The Kier molecular flexibility index (Phi) is 22.8. The monoisotopic (exact) mass is 1410 g/mol. The van der Waals surface area contributed by atoms with Gasteiger partial charge in [-0.25, -0.2) is 0 Å². The predicted molar refractivity (Wildman–Crippen MR) is 424 cm³/mol. The largest absolute Gasteiger partial charge is 0.505 e. The SMILES string of the molecule is C[Si](C)(CC[Si](C)(C)O[Si](c1ccccc1)(c1ccccc1)c1ccccc1)O[Si](O[Si](C)(C)CC[Si](C)(C)O[Si](c1ccccc1)(c1ccccc1)c1ccccc1)(O[Si](C)(C)CC[Si](C)(C)O[Si](c1ccccc1)(c1ccccc1)c1ccccc1)c1ccccc1. The quantitative estimate of drug-likeness (QED) is 0.0319. The van der Waals surface area contributed by atoms with Gasteiger partial charge in [-0.05, 0) is 162 Å². The lowest BCUT2D eigenvalue weighted by Gasteiger charge is -2.47. The van der Waals surface area contributed by atoms with E-state index >= 15 is 0 Å². The van der Waals surface area contributed by atoms with Crippen LogP contribution in [-0.2, 0) is 24.7 Å². The number of rotatable bonds is 31. The highest BCUT2D eigenvalue weighted by Gasteiger charge is 2.57. The second kappa shape index (κ2) is 30.3. The fourth-order valence-electron chi connectivity index (χ4n) is 13.4. The van der Waals surface area contributed by atoms with Crippen molar-refractivity contribution in [3.05, 3.63) is 303 Å². The summed E-state index contributed by atoms with van der Waals surface area (Å²) >= 11 is 0.